The lowest BCUT2D eigenvalue weighted by molar-refractivity contribution is 0.494. The van der Waals surface area contributed by atoms with Gasteiger partial charge in [0.25, 0.3) is 0 Å². The molecule has 0 radical (unpaired) electrons. The summed E-state index contributed by atoms with van der Waals surface area (Å²) in [6.07, 6.45) is 9.22. The molecule has 0 heterocycles. The zero-order valence-electron chi connectivity index (χ0n) is 21.2. The molecule has 0 bridgehead atoms. The summed E-state index contributed by atoms with van der Waals surface area (Å²) in [6.45, 7) is 14.4. The Balaban J connectivity index is 2.10. The summed E-state index contributed by atoms with van der Waals surface area (Å²) in [4.78, 5) is 0. The molecule has 1 fully saturated rings. The van der Waals surface area contributed by atoms with Crippen molar-refractivity contribution in [2.45, 2.75) is 92.0 Å². The lowest BCUT2D eigenvalue weighted by Crippen LogP contribution is -2.65. The highest BCUT2D eigenvalue weighted by Gasteiger charge is 2.51. The van der Waals surface area contributed by atoms with E-state index in [1.807, 2.05) is 5.20 Å². The monoisotopic (exact) mass is 442 g/mol. The highest BCUT2D eigenvalue weighted by molar-refractivity contribution is 7.08. The van der Waals surface area contributed by atoms with E-state index in [-0.39, 0.29) is 0 Å². The maximum Gasteiger partial charge on any atom is 0.148 e. The van der Waals surface area contributed by atoms with Gasteiger partial charge in [0, 0.05) is 0 Å². The molecule has 0 spiro atoms. The molecule has 1 saturated carbocycles. The van der Waals surface area contributed by atoms with Crippen LogP contribution in [-0.4, -0.2) is 8.07 Å². The summed E-state index contributed by atoms with van der Waals surface area (Å²) >= 11 is 0. The van der Waals surface area contributed by atoms with Crippen molar-refractivity contribution >= 4 is 18.4 Å². The standard InChI is InChI=1S/C31H42Si/c1-7-26-19-27(8-2)21-30(20-26)32(28-15-11-9-12-16-28,29-17-13-10-14-18-29)31-24(5)22(3)23(4)25(31)6/h9,11-12,15-16,19-21,24,29H,7-8,10,13-14,17-18H2,1-6H3. The third kappa shape index (κ3) is 3.77. The van der Waals surface area contributed by atoms with Crippen LogP contribution in [0.4, 0.5) is 0 Å². The zero-order valence-corrected chi connectivity index (χ0v) is 22.2. The van der Waals surface area contributed by atoms with Crippen LogP contribution in [0.15, 0.2) is 70.4 Å². The van der Waals surface area contributed by atoms with Crippen molar-refractivity contribution in [3.05, 3.63) is 81.6 Å². The first-order valence-corrected chi connectivity index (χ1v) is 15.1. The van der Waals surface area contributed by atoms with Crippen LogP contribution in [0.3, 0.4) is 0 Å². The maximum absolute atomic E-state index is 2.63. The third-order valence-electron chi connectivity index (χ3n) is 8.84. The molecule has 2 atom stereocenters. The Bertz CT molecular complexity index is 997. The van der Waals surface area contributed by atoms with Crippen LogP contribution in [0.25, 0.3) is 0 Å². The average molecular weight is 443 g/mol. The van der Waals surface area contributed by atoms with E-state index in [0.717, 1.165) is 18.4 Å². The van der Waals surface area contributed by atoms with Gasteiger partial charge in [-0.2, -0.15) is 0 Å². The Morgan fingerprint density at radius 2 is 1.34 bits per heavy atom. The second-order valence-corrected chi connectivity index (χ2v) is 14.4. The Hall–Kier alpha value is -1.86. The number of hydrogen-bond donors (Lipinski definition) is 0. The van der Waals surface area contributed by atoms with E-state index in [1.54, 1.807) is 27.1 Å². The fourth-order valence-electron chi connectivity index (χ4n) is 6.81. The molecule has 4 rings (SSSR count). The van der Waals surface area contributed by atoms with Crippen LogP contribution < -0.4 is 10.4 Å². The van der Waals surface area contributed by atoms with Gasteiger partial charge >= 0.3 is 0 Å². The van der Waals surface area contributed by atoms with E-state index in [9.17, 15) is 0 Å². The fraction of sp³-hybridized carbons (Fsp3) is 0.484. The number of benzene rings is 2. The highest BCUT2D eigenvalue weighted by atomic mass is 28.3. The second kappa shape index (κ2) is 9.55. The number of aryl methyl sites for hydroxylation is 2. The minimum atomic E-state index is -2.18. The lowest BCUT2D eigenvalue weighted by atomic mass is 10.00. The van der Waals surface area contributed by atoms with Gasteiger partial charge in [-0.25, -0.2) is 0 Å². The van der Waals surface area contributed by atoms with Crippen molar-refractivity contribution in [1.82, 2.24) is 0 Å². The van der Waals surface area contributed by atoms with Gasteiger partial charge in [-0.1, -0.05) is 118 Å². The molecule has 2 aliphatic carbocycles. The largest absolute Gasteiger partial charge is 0.148 e. The summed E-state index contributed by atoms with van der Waals surface area (Å²) in [5, 5.41) is 5.15. The van der Waals surface area contributed by atoms with E-state index < -0.39 is 8.07 Å². The van der Waals surface area contributed by atoms with Gasteiger partial charge in [0.1, 0.15) is 8.07 Å². The highest BCUT2D eigenvalue weighted by Crippen LogP contribution is 2.48. The molecule has 0 amide bonds. The molecule has 170 valence electrons. The van der Waals surface area contributed by atoms with Crippen LogP contribution in [0.5, 0.6) is 0 Å². The first-order chi connectivity index (χ1) is 15.4. The van der Waals surface area contributed by atoms with Crippen molar-refractivity contribution in [2.75, 3.05) is 0 Å². The molecule has 0 saturated heterocycles. The summed E-state index contributed by atoms with van der Waals surface area (Å²) in [6, 6.07) is 19.5. The number of hydrogen-bond acceptors (Lipinski definition) is 0. The number of rotatable bonds is 6. The second-order valence-electron chi connectivity index (χ2n) is 10.3. The van der Waals surface area contributed by atoms with Gasteiger partial charge in [-0.15, -0.1) is 0 Å². The first kappa shape index (κ1) is 23.3. The van der Waals surface area contributed by atoms with Crippen molar-refractivity contribution in [2.24, 2.45) is 5.92 Å². The predicted octanol–water partition coefficient (Wildman–Crippen LogP) is 7.55. The van der Waals surface area contributed by atoms with Gasteiger partial charge in [-0.3, -0.25) is 0 Å². The summed E-state index contributed by atoms with van der Waals surface area (Å²) in [5.74, 6) is 0.555. The molecular weight excluding hydrogens is 400 g/mol. The molecule has 0 aromatic heterocycles. The summed E-state index contributed by atoms with van der Waals surface area (Å²) in [7, 11) is -2.18. The van der Waals surface area contributed by atoms with Crippen LogP contribution in [0.1, 0.15) is 84.8 Å². The van der Waals surface area contributed by atoms with Crippen molar-refractivity contribution in [3.63, 3.8) is 0 Å². The van der Waals surface area contributed by atoms with E-state index >= 15 is 0 Å². The predicted molar refractivity (Wildman–Crippen MR) is 144 cm³/mol. The van der Waals surface area contributed by atoms with E-state index in [4.69, 9.17) is 0 Å². The smallest absolute Gasteiger partial charge is 0.0636 e. The maximum atomic E-state index is 2.63. The molecule has 2 aliphatic rings. The first-order valence-electron chi connectivity index (χ1n) is 13.0. The van der Waals surface area contributed by atoms with Crippen LogP contribution in [0.2, 0.25) is 5.54 Å². The van der Waals surface area contributed by atoms with Crippen molar-refractivity contribution in [3.8, 4) is 0 Å². The topological polar surface area (TPSA) is 0 Å². The van der Waals surface area contributed by atoms with Gasteiger partial charge in [0.05, 0.1) is 0 Å². The van der Waals surface area contributed by atoms with Gasteiger partial charge < -0.3 is 0 Å². The normalized spacial score (nSPS) is 21.9. The molecule has 2 aromatic carbocycles. The molecule has 1 heteroatoms. The van der Waals surface area contributed by atoms with E-state index in [0.29, 0.717) is 5.92 Å². The number of allylic oxidation sites excluding steroid dienone is 4. The Labute approximate surface area is 197 Å². The summed E-state index contributed by atoms with van der Waals surface area (Å²) < 4.78 is 0. The lowest BCUT2D eigenvalue weighted by Gasteiger charge is -2.46. The molecule has 2 aromatic rings. The Morgan fingerprint density at radius 3 is 1.84 bits per heavy atom. The SMILES string of the molecule is CCc1cc(CC)cc([Si](C2=C(C)C(C)=C(C)C2C)(c2ccccc2)C2CCCCC2)c1. The van der Waals surface area contributed by atoms with E-state index in [1.165, 1.54) is 43.2 Å². The molecule has 0 nitrogen and oxygen atoms in total. The van der Waals surface area contributed by atoms with Gasteiger partial charge in [0.15, 0.2) is 0 Å². The van der Waals surface area contributed by atoms with Gasteiger partial charge in [0.2, 0.25) is 0 Å². The van der Waals surface area contributed by atoms with Crippen molar-refractivity contribution in [1.29, 1.82) is 0 Å². The van der Waals surface area contributed by atoms with E-state index in [2.05, 4.69) is 90.1 Å². The Kier molecular flexibility index (Phi) is 6.96. The molecule has 0 aliphatic heterocycles. The van der Waals surface area contributed by atoms with Gasteiger partial charge in [-0.05, 0) is 72.1 Å². The molecule has 32 heavy (non-hydrogen) atoms. The quantitative estimate of drug-likeness (QED) is 0.405. The fourth-order valence-corrected chi connectivity index (χ4v) is 13.6. The molecule has 2 unspecified atom stereocenters. The summed E-state index contributed by atoms with van der Waals surface area (Å²) in [5.41, 5.74) is 8.60. The van der Waals surface area contributed by atoms with Crippen LogP contribution in [0, 0.1) is 5.92 Å². The van der Waals surface area contributed by atoms with Crippen molar-refractivity contribution < 1.29 is 0 Å². The minimum Gasteiger partial charge on any atom is -0.0636 e. The minimum absolute atomic E-state index is 0.555. The zero-order chi connectivity index (χ0) is 22.9. The molecular formula is C31H42Si. The van der Waals surface area contributed by atoms with Crippen LogP contribution >= 0.6 is 0 Å². The Morgan fingerprint density at radius 1 is 0.750 bits per heavy atom. The average Bonchev–Trinajstić information content (AvgIpc) is 3.04. The van der Waals surface area contributed by atoms with Crippen LogP contribution in [-0.2, 0) is 12.8 Å². The molecule has 0 N–H and O–H groups in total. The third-order valence-corrected chi connectivity index (χ3v) is 14.7.